The van der Waals surface area contributed by atoms with E-state index in [1.807, 2.05) is 0 Å². The molecule has 0 aromatic rings. The predicted octanol–water partition coefficient (Wildman–Crippen LogP) is -0.816. The van der Waals surface area contributed by atoms with Crippen LogP contribution in [0.3, 0.4) is 0 Å². The second-order valence-electron chi connectivity index (χ2n) is 5.66. The van der Waals surface area contributed by atoms with Crippen LogP contribution in [0.5, 0.6) is 0 Å². The third-order valence-corrected chi connectivity index (χ3v) is 5.74. The summed E-state index contributed by atoms with van der Waals surface area (Å²) >= 11 is 0. The van der Waals surface area contributed by atoms with Crippen LogP contribution in [0.4, 0.5) is 0 Å². The van der Waals surface area contributed by atoms with Crippen molar-refractivity contribution in [1.82, 2.24) is 10.6 Å². The fourth-order valence-corrected chi connectivity index (χ4v) is 4.39. The molecule has 1 aliphatic heterocycles. The Balaban J connectivity index is 1.87. The summed E-state index contributed by atoms with van der Waals surface area (Å²) in [6.07, 6.45) is 3.77. The molecule has 2 rings (SSSR count). The number of aliphatic hydroxyl groups is 1. The molecule has 1 saturated heterocycles. The van der Waals surface area contributed by atoms with Crippen LogP contribution in [0.2, 0.25) is 0 Å². The lowest BCUT2D eigenvalue weighted by molar-refractivity contribution is -0.124. The highest BCUT2D eigenvalue weighted by atomic mass is 32.2. The zero-order chi connectivity index (χ0) is 13.9. The van der Waals surface area contributed by atoms with Crippen molar-refractivity contribution in [1.29, 1.82) is 0 Å². The summed E-state index contributed by atoms with van der Waals surface area (Å²) in [7, 11) is -3.02. The summed E-state index contributed by atoms with van der Waals surface area (Å²) in [5.74, 6) is -0.0105. The summed E-state index contributed by atoms with van der Waals surface area (Å²) in [4.78, 5) is 12.0. The Hall–Kier alpha value is -0.660. The molecule has 0 aromatic heterocycles. The lowest BCUT2D eigenvalue weighted by Gasteiger charge is -2.30. The highest BCUT2D eigenvalue weighted by Crippen LogP contribution is 2.29. The smallest absolute Gasteiger partial charge is 0.222 e. The maximum Gasteiger partial charge on any atom is 0.222 e. The standard InChI is InChI=1S/C12H22N2O4S/c15-9-12(3-1-2-4-12)14-11(16)7-10-8-19(17,18)6-5-13-10/h10,13,15H,1-9H2,(H,14,16). The van der Waals surface area contributed by atoms with Gasteiger partial charge in [0.05, 0.1) is 23.7 Å². The van der Waals surface area contributed by atoms with E-state index in [1.54, 1.807) is 0 Å². The summed E-state index contributed by atoms with van der Waals surface area (Å²) < 4.78 is 23.0. The van der Waals surface area contributed by atoms with E-state index < -0.39 is 15.4 Å². The number of hydrogen-bond acceptors (Lipinski definition) is 5. The van der Waals surface area contributed by atoms with E-state index in [4.69, 9.17) is 0 Å². The van der Waals surface area contributed by atoms with Gasteiger partial charge in [-0.1, -0.05) is 12.8 Å². The third kappa shape index (κ3) is 3.90. The topological polar surface area (TPSA) is 95.5 Å². The number of carbonyl (C=O) groups excluding carboxylic acids is 1. The van der Waals surface area contributed by atoms with Crippen LogP contribution in [-0.2, 0) is 14.6 Å². The monoisotopic (exact) mass is 290 g/mol. The zero-order valence-electron chi connectivity index (χ0n) is 11.0. The quantitative estimate of drug-likeness (QED) is 0.629. The molecule has 3 N–H and O–H groups in total. The molecule has 19 heavy (non-hydrogen) atoms. The lowest BCUT2D eigenvalue weighted by Crippen LogP contribution is -2.52. The second kappa shape index (κ2) is 5.76. The Morgan fingerprint density at radius 2 is 2.05 bits per heavy atom. The first-order valence-corrected chi connectivity index (χ1v) is 8.63. The molecule has 2 fully saturated rings. The van der Waals surface area contributed by atoms with Crippen molar-refractivity contribution in [3.63, 3.8) is 0 Å². The molecular formula is C12H22N2O4S. The Morgan fingerprint density at radius 1 is 1.37 bits per heavy atom. The molecule has 7 heteroatoms. The van der Waals surface area contributed by atoms with Gasteiger partial charge in [0, 0.05) is 19.0 Å². The maximum absolute atomic E-state index is 12.0. The number of amides is 1. The fourth-order valence-electron chi connectivity index (χ4n) is 2.94. The average Bonchev–Trinajstić information content (AvgIpc) is 2.76. The van der Waals surface area contributed by atoms with E-state index in [2.05, 4.69) is 10.6 Å². The maximum atomic E-state index is 12.0. The van der Waals surface area contributed by atoms with Gasteiger partial charge >= 0.3 is 0 Å². The van der Waals surface area contributed by atoms with Gasteiger partial charge in [-0.05, 0) is 12.8 Å². The Morgan fingerprint density at radius 3 is 2.63 bits per heavy atom. The Kier molecular flexibility index (Phi) is 4.47. The number of hydrogen-bond donors (Lipinski definition) is 3. The molecule has 2 aliphatic rings. The highest BCUT2D eigenvalue weighted by Gasteiger charge is 2.35. The van der Waals surface area contributed by atoms with E-state index in [-0.39, 0.29) is 36.5 Å². The first kappa shape index (κ1) is 14.7. The van der Waals surface area contributed by atoms with E-state index in [1.165, 1.54) is 0 Å². The summed E-state index contributed by atoms with van der Waals surface area (Å²) in [5, 5.41) is 15.4. The minimum Gasteiger partial charge on any atom is -0.394 e. The van der Waals surface area contributed by atoms with Gasteiger partial charge in [-0.3, -0.25) is 4.79 Å². The SMILES string of the molecule is O=C(CC1CS(=O)(=O)CCN1)NC1(CO)CCCC1. The number of sulfone groups is 1. The average molecular weight is 290 g/mol. The van der Waals surface area contributed by atoms with Crippen LogP contribution in [0.25, 0.3) is 0 Å². The molecule has 0 bridgehead atoms. The van der Waals surface area contributed by atoms with Gasteiger partial charge in [0.2, 0.25) is 5.91 Å². The van der Waals surface area contributed by atoms with Gasteiger partial charge in [0.1, 0.15) is 0 Å². The Bertz CT molecular complexity index is 429. The molecule has 0 aromatic carbocycles. The molecule has 0 radical (unpaired) electrons. The van der Waals surface area contributed by atoms with Crippen molar-refractivity contribution in [2.24, 2.45) is 0 Å². The molecule has 1 saturated carbocycles. The van der Waals surface area contributed by atoms with Gasteiger partial charge in [0.15, 0.2) is 9.84 Å². The van der Waals surface area contributed by atoms with Crippen molar-refractivity contribution in [2.75, 3.05) is 24.7 Å². The first-order valence-electron chi connectivity index (χ1n) is 6.80. The van der Waals surface area contributed by atoms with Crippen LogP contribution < -0.4 is 10.6 Å². The number of aliphatic hydroxyl groups excluding tert-OH is 1. The molecule has 1 atom stereocenters. The van der Waals surface area contributed by atoms with Crippen LogP contribution >= 0.6 is 0 Å². The molecule has 1 heterocycles. The molecule has 6 nitrogen and oxygen atoms in total. The molecule has 110 valence electrons. The first-order chi connectivity index (χ1) is 8.95. The summed E-state index contributed by atoms with van der Waals surface area (Å²) in [5.41, 5.74) is -0.482. The number of rotatable bonds is 4. The molecule has 1 aliphatic carbocycles. The van der Waals surface area contributed by atoms with E-state index in [0.717, 1.165) is 25.7 Å². The minimum atomic E-state index is -3.02. The molecule has 1 unspecified atom stereocenters. The highest BCUT2D eigenvalue weighted by molar-refractivity contribution is 7.91. The molecule has 0 spiro atoms. The fraction of sp³-hybridized carbons (Fsp3) is 0.917. The van der Waals surface area contributed by atoms with Crippen molar-refractivity contribution in [3.05, 3.63) is 0 Å². The van der Waals surface area contributed by atoms with E-state index in [0.29, 0.717) is 6.54 Å². The van der Waals surface area contributed by atoms with E-state index in [9.17, 15) is 18.3 Å². The Labute approximate surface area is 113 Å². The minimum absolute atomic E-state index is 0.0204. The predicted molar refractivity (Wildman–Crippen MR) is 71.5 cm³/mol. The van der Waals surface area contributed by atoms with Crippen LogP contribution in [0, 0.1) is 0 Å². The largest absolute Gasteiger partial charge is 0.394 e. The van der Waals surface area contributed by atoms with Crippen LogP contribution in [0.1, 0.15) is 32.1 Å². The van der Waals surface area contributed by atoms with Crippen molar-refractivity contribution in [3.8, 4) is 0 Å². The van der Waals surface area contributed by atoms with E-state index >= 15 is 0 Å². The van der Waals surface area contributed by atoms with Gasteiger partial charge in [-0.15, -0.1) is 0 Å². The normalized spacial score (nSPS) is 29.0. The van der Waals surface area contributed by atoms with Crippen LogP contribution in [-0.4, -0.2) is 55.7 Å². The number of carbonyl (C=O) groups is 1. The number of nitrogens with one attached hydrogen (secondary N) is 2. The molecular weight excluding hydrogens is 268 g/mol. The zero-order valence-corrected chi connectivity index (χ0v) is 11.8. The molecule has 1 amide bonds. The van der Waals surface area contributed by atoms with Gasteiger partial charge in [-0.2, -0.15) is 0 Å². The second-order valence-corrected chi connectivity index (χ2v) is 7.89. The lowest BCUT2D eigenvalue weighted by atomic mass is 9.98. The van der Waals surface area contributed by atoms with Gasteiger partial charge < -0.3 is 15.7 Å². The summed E-state index contributed by atoms with van der Waals surface area (Å²) in [6, 6.07) is -0.309. The van der Waals surface area contributed by atoms with Gasteiger partial charge in [-0.25, -0.2) is 8.42 Å². The summed E-state index contributed by atoms with van der Waals surface area (Å²) in [6.45, 7) is 0.362. The van der Waals surface area contributed by atoms with Crippen molar-refractivity contribution in [2.45, 2.75) is 43.7 Å². The van der Waals surface area contributed by atoms with Crippen LogP contribution in [0.15, 0.2) is 0 Å². The van der Waals surface area contributed by atoms with Crippen molar-refractivity contribution >= 4 is 15.7 Å². The van der Waals surface area contributed by atoms with Crippen molar-refractivity contribution < 1.29 is 18.3 Å². The third-order valence-electron chi connectivity index (χ3n) is 4.00. The van der Waals surface area contributed by atoms with Gasteiger partial charge in [0.25, 0.3) is 0 Å².